The topological polar surface area (TPSA) is 64.9 Å². The van der Waals surface area contributed by atoms with Crippen molar-refractivity contribution >= 4 is 0 Å². The van der Waals surface area contributed by atoms with Crippen LogP contribution in [0.4, 0.5) is 0 Å². The third-order valence-corrected chi connectivity index (χ3v) is 4.35. The van der Waals surface area contributed by atoms with Crippen LogP contribution >= 0.6 is 0 Å². The van der Waals surface area contributed by atoms with E-state index in [1.807, 2.05) is 13.8 Å². The molecule has 0 bridgehead atoms. The van der Waals surface area contributed by atoms with Crippen molar-refractivity contribution < 1.29 is 4.52 Å². The highest BCUT2D eigenvalue weighted by Crippen LogP contribution is 2.35. The zero-order chi connectivity index (χ0) is 14.2. The lowest BCUT2D eigenvalue weighted by atomic mass is 9.82. The van der Waals surface area contributed by atoms with Gasteiger partial charge in [0.2, 0.25) is 5.89 Å². The molecule has 0 saturated heterocycles. The normalized spacial score (nSPS) is 21.2. The Morgan fingerprint density at radius 1 is 1.40 bits per heavy atom. The predicted molar refractivity (Wildman–Crippen MR) is 77.4 cm³/mol. The first-order valence-corrected chi connectivity index (χ1v) is 7.32. The van der Waals surface area contributed by atoms with E-state index in [0.29, 0.717) is 5.89 Å². The molecule has 1 heterocycles. The highest BCUT2D eigenvalue weighted by Gasteiger charge is 2.30. The van der Waals surface area contributed by atoms with E-state index in [4.69, 9.17) is 10.3 Å². The van der Waals surface area contributed by atoms with E-state index in [2.05, 4.69) is 34.4 Å². The van der Waals surface area contributed by atoms with Crippen LogP contribution in [-0.4, -0.2) is 10.1 Å². The molecular formula is C16H21N3O. The van der Waals surface area contributed by atoms with Gasteiger partial charge in [-0.2, -0.15) is 4.98 Å². The van der Waals surface area contributed by atoms with Crippen LogP contribution in [0.25, 0.3) is 0 Å². The molecule has 106 valence electrons. The average molecular weight is 271 g/mol. The van der Waals surface area contributed by atoms with E-state index >= 15 is 0 Å². The van der Waals surface area contributed by atoms with Crippen molar-refractivity contribution in [3.63, 3.8) is 0 Å². The number of hydrogen-bond donors (Lipinski definition) is 1. The minimum Gasteiger partial charge on any atom is -0.337 e. The second kappa shape index (κ2) is 5.02. The van der Waals surface area contributed by atoms with Gasteiger partial charge in [-0.3, -0.25) is 0 Å². The molecule has 1 aromatic heterocycles. The van der Waals surface area contributed by atoms with Gasteiger partial charge in [-0.25, -0.2) is 0 Å². The summed E-state index contributed by atoms with van der Waals surface area (Å²) in [6, 6.07) is 8.55. The zero-order valence-corrected chi connectivity index (χ0v) is 12.1. The number of aryl methyl sites for hydroxylation is 1. The molecule has 1 aliphatic carbocycles. The van der Waals surface area contributed by atoms with Crippen LogP contribution in [0.5, 0.6) is 0 Å². The molecule has 3 rings (SSSR count). The number of nitrogens with zero attached hydrogens (tertiary/aromatic N) is 2. The first kappa shape index (κ1) is 13.3. The smallest absolute Gasteiger partial charge is 0.246 e. The second-order valence-electron chi connectivity index (χ2n) is 5.87. The average Bonchev–Trinajstić information content (AvgIpc) is 2.97. The highest BCUT2D eigenvalue weighted by atomic mass is 16.5. The number of nitrogens with two attached hydrogens (primary N) is 1. The Morgan fingerprint density at radius 3 is 3.00 bits per heavy atom. The molecule has 2 N–H and O–H groups in total. The van der Waals surface area contributed by atoms with E-state index in [-0.39, 0.29) is 5.92 Å². The molecule has 4 heteroatoms. The van der Waals surface area contributed by atoms with Gasteiger partial charge in [-0.05, 0) is 43.7 Å². The molecule has 1 aromatic carbocycles. The lowest BCUT2D eigenvalue weighted by Crippen LogP contribution is -2.32. The van der Waals surface area contributed by atoms with Crippen molar-refractivity contribution in [1.82, 2.24) is 10.1 Å². The number of aromatic nitrogens is 2. The Balaban J connectivity index is 1.95. The lowest BCUT2D eigenvalue weighted by Gasteiger charge is -2.22. The fraction of sp³-hybridized carbons (Fsp3) is 0.500. The quantitative estimate of drug-likeness (QED) is 0.931. The summed E-state index contributed by atoms with van der Waals surface area (Å²) < 4.78 is 5.40. The molecule has 4 nitrogen and oxygen atoms in total. The first-order valence-electron chi connectivity index (χ1n) is 7.32. The van der Waals surface area contributed by atoms with Gasteiger partial charge in [0.05, 0.1) is 5.54 Å². The van der Waals surface area contributed by atoms with E-state index in [0.717, 1.165) is 25.1 Å². The van der Waals surface area contributed by atoms with Crippen LogP contribution in [0, 0.1) is 0 Å². The first-order chi connectivity index (χ1) is 9.62. The van der Waals surface area contributed by atoms with Crippen molar-refractivity contribution in [3.8, 4) is 0 Å². The second-order valence-corrected chi connectivity index (χ2v) is 5.87. The number of hydrogen-bond acceptors (Lipinski definition) is 4. The van der Waals surface area contributed by atoms with E-state index < -0.39 is 5.54 Å². The molecule has 1 aliphatic rings. The van der Waals surface area contributed by atoms with Crippen molar-refractivity contribution in [3.05, 3.63) is 47.1 Å². The van der Waals surface area contributed by atoms with Crippen molar-refractivity contribution in [2.75, 3.05) is 0 Å². The maximum atomic E-state index is 6.18. The molecular weight excluding hydrogens is 250 g/mol. The molecule has 0 fully saturated rings. The molecule has 0 aliphatic heterocycles. The predicted octanol–water partition coefficient (Wildman–Crippen LogP) is 3.12. The summed E-state index contributed by atoms with van der Waals surface area (Å²) in [7, 11) is 0. The summed E-state index contributed by atoms with van der Waals surface area (Å²) in [5, 5.41) is 4.19. The van der Waals surface area contributed by atoms with Crippen LogP contribution in [0.2, 0.25) is 0 Å². The van der Waals surface area contributed by atoms with Gasteiger partial charge in [0.25, 0.3) is 0 Å². The Bertz CT molecular complexity index is 603. The monoisotopic (exact) mass is 271 g/mol. The van der Waals surface area contributed by atoms with Crippen LogP contribution in [0.3, 0.4) is 0 Å². The minimum absolute atomic E-state index is 0.241. The molecule has 2 atom stereocenters. The summed E-state index contributed by atoms with van der Waals surface area (Å²) in [5.41, 5.74) is 8.37. The molecule has 0 amide bonds. The van der Waals surface area contributed by atoms with Crippen LogP contribution < -0.4 is 5.73 Å². The van der Waals surface area contributed by atoms with Crippen LogP contribution in [0.1, 0.15) is 61.9 Å². The summed E-state index contributed by atoms with van der Waals surface area (Å²) in [5.74, 6) is 1.56. The van der Waals surface area contributed by atoms with Gasteiger partial charge in [-0.1, -0.05) is 36.3 Å². The molecule has 2 aromatic rings. The summed E-state index contributed by atoms with van der Waals surface area (Å²) >= 11 is 0. The van der Waals surface area contributed by atoms with Gasteiger partial charge >= 0.3 is 0 Å². The number of benzene rings is 1. The standard InChI is InChI=1S/C16H21N3O/c1-3-16(2,17)15-18-14(19-20-15)13-10-6-8-11-7-4-5-9-12(11)13/h4-5,7,9,13H,3,6,8,10,17H2,1-2H3. The van der Waals surface area contributed by atoms with Gasteiger partial charge in [0.15, 0.2) is 5.82 Å². The van der Waals surface area contributed by atoms with Gasteiger partial charge in [0.1, 0.15) is 0 Å². The van der Waals surface area contributed by atoms with Crippen molar-refractivity contribution in [1.29, 1.82) is 0 Å². The maximum absolute atomic E-state index is 6.18. The summed E-state index contributed by atoms with van der Waals surface area (Å²) in [4.78, 5) is 4.57. The zero-order valence-electron chi connectivity index (χ0n) is 12.1. The van der Waals surface area contributed by atoms with E-state index in [9.17, 15) is 0 Å². The maximum Gasteiger partial charge on any atom is 0.246 e. The van der Waals surface area contributed by atoms with Gasteiger partial charge < -0.3 is 10.3 Å². The molecule has 20 heavy (non-hydrogen) atoms. The third kappa shape index (κ3) is 2.24. The third-order valence-electron chi connectivity index (χ3n) is 4.35. The Hall–Kier alpha value is -1.68. The largest absolute Gasteiger partial charge is 0.337 e. The molecule has 2 unspecified atom stereocenters. The SMILES string of the molecule is CCC(C)(N)c1nc(C2CCCc3ccccc32)no1. The Labute approximate surface area is 119 Å². The highest BCUT2D eigenvalue weighted by molar-refractivity contribution is 5.36. The molecule has 0 radical (unpaired) electrons. The van der Waals surface area contributed by atoms with E-state index in [1.165, 1.54) is 17.5 Å². The van der Waals surface area contributed by atoms with Crippen molar-refractivity contribution in [2.24, 2.45) is 5.73 Å². The van der Waals surface area contributed by atoms with Gasteiger partial charge in [0, 0.05) is 5.92 Å². The van der Waals surface area contributed by atoms with Gasteiger partial charge in [-0.15, -0.1) is 0 Å². The molecule has 0 saturated carbocycles. The van der Waals surface area contributed by atoms with Crippen LogP contribution in [-0.2, 0) is 12.0 Å². The molecule has 0 spiro atoms. The number of rotatable bonds is 3. The fourth-order valence-electron chi connectivity index (χ4n) is 2.78. The summed E-state index contributed by atoms with van der Waals surface area (Å²) in [6.45, 7) is 3.96. The summed E-state index contributed by atoms with van der Waals surface area (Å²) in [6.07, 6.45) is 4.15. The fourth-order valence-corrected chi connectivity index (χ4v) is 2.78. The van der Waals surface area contributed by atoms with Crippen molar-refractivity contribution in [2.45, 2.75) is 51.0 Å². The number of fused-ring (bicyclic) bond motifs is 1. The Morgan fingerprint density at radius 2 is 2.20 bits per heavy atom. The van der Waals surface area contributed by atoms with E-state index in [1.54, 1.807) is 0 Å². The Kier molecular flexibility index (Phi) is 3.34. The van der Waals surface area contributed by atoms with Crippen LogP contribution in [0.15, 0.2) is 28.8 Å². The lowest BCUT2D eigenvalue weighted by molar-refractivity contribution is 0.289. The minimum atomic E-state index is -0.542.